The Balaban J connectivity index is 2.14. The second-order valence-corrected chi connectivity index (χ2v) is 4.20. The molecule has 2 aromatic heterocycles. The number of nitrogen functional groups attached to an aromatic ring is 1. The molecule has 3 N–H and O–H groups in total. The van der Waals surface area contributed by atoms with Crippen LogP contribution in [-0.4, -0.2) is 30.5 Å². The average Bonchev–Trinajstić information content (AvgIpc) is 2.91. The largest absolute Gasteiger partial charge is 0.395 e. The van der Waals surface area contributed by atoms with Crippen molar-refractivity contribution >= 4 is 11.6 Å². The van der Waals surface area contributed by atoms with Gasteiger partial charge in [0, 0.05) is 13.6 Å². The van der Waals surface area contributed by atoms with Crippen LogP contribution in [0.25, 0.3) is 0 Å². The second kappa shape index (κ2) is 5.09. The number of nitrogens with two attached hydrogens (primary N) is 1. The van der Waals surface area contributed by atoms with Crippen molar-refractivity contribution in [2.45, 2.75) is 26.9 Å². The lowest BCUT2D eigenvalue weighted by Crippen LogP contribution is -2.27. The van der Waals surface area contributed by atoms with Crippen molar-refractivity contribution < 1.29 is 4.79 Å². The first-order valence-corrected chi connectivity index (χ1v) is 5.98. The molecule has 0 aliphatic rings. The van der Waals surface area contributed by atoms with Gasteiger partial charge in [0.1, 0.15) is 12.0 Å². The molecule has 0 atom stereocenters. The van der Waals surface area contributed by atoms with E-state index in [0.29, 0.717) is 36.0 Å². The number of nitrogens with zero attached hydrogens (tertiary/aromatic N) is 5. The Labute approximate surface area is 110 Å². The molecular formula is C11H17N7O. The molecule has 0 aliphatic heterocycles. The van der Waals surface area contributed by atoms with Gasteiger partial charge in [-0.2, -0.15) is 5.10 Å². The summed E-state index contributed by atoms with van der Waals surface area (Å²) < 4.78 is 3.34. The fourth-order valence-electron chi connectivity index (χ4n) is 1.77. The molecule has 0 aromatic carbocycles. The highest BCUT2D eigenvalue weighted by Crippen LogP contribution is 2.16. The lowest BCUT2D eigenvalue weighted by Gasteiger charge is -2.07. The Morgan fingerprint density at radius 1 is 1.53 bits per heavy atom. The number of amides is 1. The van der Waals surface area contributed by atoms with Crippen LogP contribution in [0.3, 0.4) is 0 Å². The van der Waals surface area contributed by atoms with Gasteiger partial charge < -0.3 is 15.6 Å². The Morgan fingerprint density at radius 2 is 2.26 bits per heavy atom. The normalized spacial score (nSPS) is 10.7. The standard InChI is InChI=1S/C11H17N7O/c1-4-18-10(9(12)7(2)16-18)11(19)13-5-8-15-14-6-17(8)3/h6H,4-5,12H2,1-3H3,(H,13,19). The summed E-state index contributed by atoms with van der Waals surface area (Å²) in [6.45, 7) is 4.57. The number of aryl methyl sites for hydroxylation is 3. The van der Waals surface area contributed by atoms with Crippen LogP contribution in [0.2, 0.25) is 0 Å². The van der Waals surface area contributed by atoms with Gasteiger partial charge in [-0.05, 0) is 13.8 Å². The molecule has 0 unspecified atom stereocenters. The van der Waals surface area contributed by atoms with Gasteiger partial charge in [0.25, 0.3) is 5.91 Å². The number of anilines is 1. The Kier molecular flexibility index (Phi) is 3.50. The van der Waals surface area contributed by atoms with Crippen molar-refractivity contribution in [3.63, 3.8) is 0 Å². The summed E-state index contributed by atoms with van der Waals surface area (Å²) in [5, 5.41) is 14.6. The SMILES string of the molecule is CCn1nc(C)c(N)c1C(=O)NCc1nncn1C. The van der Waals surface area contributed by atoms with E-state index < -0.39 is 0 Å². The molecule has 19 heavy (non-hydrogen) atoms. The van der Waals surface area contributed by atoms with E-state index in [9.17, 15) is 4.79 Å². The number of carbonyl (C=O) groups is 1. The highest BCUT2D eigenvalue weighted by Gasteiger charge is 2.19. The zero-order valence-corrected chi connectivity index (χ0v) is 11.2. The Bertz CT molecular complexity index is 598. The number of rotatable bonds is 4. The van der Waals surface area contributed by atoms with E-state index >= 15 is 0 Å². The van der Waals surface area contributed by atoms with E-state index in [2.05, 4.69) is 20.6 Å². The Hall–Kier alpha value is -2.38. The van der Waals surface area contributed by atoms with Crippen LogP contribution in [0, 0.1) is 6.92 Å². The third kappa shape index (κ3) is 2.42. The van der Waals surface area contributed by atoms with Crippen LogP contribution >= 0.6 is 0 Å². The van der Waals surface area contributed by atoms with Crippen LogP contribution in [0.1, 0.15) is 28.9 Å². The van der Waals surface area contributed by atoms with E-state index in [4.69, 9.17) is 5.73 Å². The van der Waals surface area contributed by atoms with Gasteiger partial charge in [0.05, 0.1) is 17.9 Å². The molecule has 8 nitrogen and oxygen atoms in total. The molecule has 0 fully saturated rings. The van der Waals surface area contributed by atoms with Crippen molar-refractivity contribution in [1.82, 2.24) is 29.9 Å². The van der Waals surface area contributed by atoms with Crippen molar-refractivity contribution in [2.75, 3.05) is 5.73 Å². The zero-order chi connectivity index (χ0) is 14.0. The third-order valence-corrected chi connectivity index (χ3v) is 2.90. The topological polar surface area (TPSA) is 104 Å². The summed E-state index contributed by atoms with van der Waals surface area (Å²) in [4.78, 5) is 12.2. The first kappa shape index (κ1) is 13.1. The van der Waals surface area contributed by atoms with E-state index in [0.717, 1.165) is 0 Å². The quantitative estimate of drug-likeness (QED) is 0.798. The summed E-state index contributed by atoms with van der Waals surface area (Å²) in [5.41, 5.74) is 7.34. The van der Waals surface area contributed by atoms with Crippen LogP contribution in [0.5, 0.6) is 0 Å². The molecule has 2 heterocycles. The molecule has 0 saturated heterocycles. The summed E-state index contributed by atoms with van der Waals surface area (Å²) in [6, 6.07) is 0. The summed E-state index contributed by atoms with van der Waals surface area (Å²) in [6.07, 6.45) is 1.58. The van der Waals surface area contributed by atoms with E-state index in [1.54, 1.807) is 22.5 Å². The minimum absolute atomic E-state index is 0.261. The fourth-order valence-corrected chi connectivity index (χ4v) is 1.77. The van der Waals surface area contributed by atoms with Gasteiger partial charge in [-0.25, -0.2) is 0 Å². The molecule has 0 bridgehead atoms. The number of aromatic nitrogens is 5. The van der Waals surface area contributed by atoms with Gasteiger partial charge in [-0.3, -0.25) is 9.48 Å². The summed E-state index contributed by atoms with van der Waals surface area (Å²) >= 11 is 0. The van der Waals surface area contributed by atoms with E-state index in [1.807, 2.05) is 14.0 Å². The number of hydrogen-bond donors (Lipinski definition) is 2. The number of carbonyl (C=O) groups excluding carboxylic acids is 1. The third-order valence-electron chi connectivity index (χ3n) is 2.90. The van der Waals surface area contributed by atoms with Crippen molar-refractivity contribution in [3.8, 4) is 0 Å². The molecular weight excluding hydrogens is 246 g/mol. The molecule has 0 aliphatic carbocycles. The first-order valence-electron chi connectivity index (χ1n) is 5.98. The average molecular weight is 263 g/mol. The second-order valence-electron chi connectivity index (χ2n) is 4.20. The van der Waals surface area contributed by atoms with Gasteiger partial charge >= 0.3 is 0 Å². The predicted octanol–water partition coefficient (Wildman–Crippen LogP) is -0.148. The lowest BCUT2D eigenvalue weighted by molar-refractivity contribution is 0.0940. The minimum atomic E-state index is -0.261. The maximum absolute atomic E-state index is 12.2. The molecule has 2 aromatic rings. The molecule has 2 rings (SSSR count). The van der Waals surface area contributed by atoms with Crippen LogP contribution < -0.4 is 11.1 Å². The lowest BCUT2D eigenvalue weighted by atomic mass is 10.3. The number of hydrogen-bond acceptors (Lipinski definition) is 5. The molecule has 1 amide bonds. The fraction of sp³-hybridized carbons (Fsp3) is 0.455. The molecule has 8 heteroatoms. The maximum Gasteiger partial charge on any atom is 0.272 e. The zero-order valence-electron chi connectivity index (χ0n) is 11.2. The van der Waals surface area contributed by atoms with Crippen molar-refractivity contribution in [1.29, 1.82) is 0 Å². The monoisotopic (exact) mass is 263 g/mol. The summed E-state index contributed by atoms with van der Waals surface area (Å²) in [5.74, 6) is 0.411. The maximum atomic E-state index is 12.2. The van der Waals surface area contributed by atoms with Crippen molar-refractivity contribution in [3.05, 3.63) is 23.5 Å². The van der Waals surface area contributed by atoms with Crippen LogP contribution in [0.4, 0.5) is 5.69 Å². The predicted molar refractivity (Wildman–Crippen MR) is 69.2 cm³/mol. The number of nitrogens with one attached hydrogen (secondary N) is 1. The van der Waals surface area contributed by atoms with E-state index in [1.165, 1.54) is 0 Å². The van der Waals surface area contributed by atoms with Gasteiger partial charge in [-0.1, -0.05) is 0 Å². The van der Waals surface area contributed by atoms with E-state index in [-0.39, 0.29) is 5.91 Å². The van der Waals surface area contributed by atoms with Gasteiger partial charge in [0.15, 0.2) is 5.82 Å². The first-order chi connectivity index (χ1) is 9.04. The van der Waals surface area contributed by atoms with Crippen LogP contribution in [0.15, 0.2) is 6.33 Å². The van der Waals surface area contributed by atoms with Crippen molar-refractivity contribution in [2.24, 2.45) is 7.05 Å². The Morgan fingerprint density at radius 3 is 2.84 bits per heavy atom. The minimum Gasteiger partial charge on any atom is -0.395 e. The highest BCUT2D eigenvalue weighted by atomic mass is 16.2. The molecule has 0 radical (unpaired) electrons. The van der Waals surface area contributed by atoms with Crippen LogP contribution in [-0.2, 0) is 20.1 Å². The van der Waals surface area contributed by atoms with Gasteiger partial charge in [0.2, 0.25) is 0 Å². The smallest absolute Gasteiger partial charge is 0.272 e. The molecule has 0 saturated carbocycles. The summed E-state index contributed by atoms with van der Waals surface area (Å²) in [7, 11) is 1.82. The molecule has 102 valence electrons. The van der Waals surface area contributed by atoms with Gasteiger partial charge in [-0.15, -0.1) is 10.2 Å². The highest BCUT2D eigenvalue weighted by molar-refractivity contribution is 5.97. The molecule has 0 spiro atoms.